The van der Waals surface area contributed by atoms with Crippen molar-refractivity contribution in [1.29, 1.82) is 5.26 Å². The number of nitrogens with two attached hydrogens (primary N) is 1. The van der Waals surface area contributed by atoms with Crippen LogP contribution >= 0.6 is 0 Å². The molecule has 3 rings (SSSR count). The van der Waals surface area contributed by atoms with E-state index in [-0.39, 0.29) is 17.7 Å². The number of Topliss-reactive ketones (excluding diaryl/α,β-unsaturated/α-hetero) is 1. The van der Waals surface area contributed by atoms with Crippen molar-refractivity contribution in [2.24, 2.45) is 11.7 Å². The molecule has 4 heteroatoms. The average Bonchev–Trinajstić information content (AvgIpc) is 2.74. The van der Waals surface area contributed by atoms with Gasteiger partial charge in [-0.2, -0.15) is 5.26 Å². The smallest absolute Gasteiger partial charge is 0.151 e. The molecule has 140 valence electrons. The average molecular weight is 361 g/mol. The second-order valence-corrected chi connectivity index (χ2v) is 7.30. The summed E-state index contributed by atoms with van der Waals surface area (Å²) in [6, 6.07) is 18.8. The first kappa shape index (κ1) is 19.3. The Balaban J connectivity index is 1.60. The third-order valence-electron chi connectivity index (χ3n) is 5.29. The second kappa shape index (κ2) is 9.45. The van der Waals surface area contributed by atoms with E-state index in [9.17, 15) is 10.1 Å². The summed E-state index contributed by atoms with van der Waals surface area (Å²) in [5, 5.41) is 12.8. The van der Waals surface area contributed by atoms with Gasteiger partial charge in [-0.05, 0) is 48.1 Å². The molecule has 0 spiro atoms. The number of carbonyl (C=O) groups is 1. The van der Waals surface area contributed by atoms with E-state index in [1.807, 2.05) is 12.1 Å². The molecule has 1 aliphatic heterocycles. The van der Waals surface area contributed by atoms with Crippen molar-refractivity contribution in [3.63, 3.8) is 0 Å². The van der Waals surface area contributed by atoms with Crippen LogP contribution in [0.15, 0.2) is 48.5 Å². The van der Waals surface area contributed by atoms with Crippen LogP contribution in [0.25, 0.3) is 11.1 Å². The maximum Gasteiger partial charge on any atom is 0.151 e. The number of piperidine rings is 1. The Hall–Kier alpha value is -2.48. The number of nitrogens with one attached hydrogen (secondary N) is 1. The molecule has 0 radical (unpaired) electrons. The zero-order valence-electron chi connectivity index (χ0n) is 15.7. The van der Waals surface area contributed by atoms with Crippen LogP contribution in [-0.2, 0) is 17.8 Å². The molecule has 0 amide bonds. The van der Waals surface area contributed by atoms with Crippen LogP contribution in [0, 0.1) is 17.2 Å². The summed E-state index contributed by atoms with van der Waals surface area (Å²) in [6.45, 7) is 1.45. The summed E-state index contributed by atoms with van der Waals surface area (Å²) >= 11 is 0. The van der Waals surface area contributed by atoms with Gasteiger partial charge in [0.25, 0.3) is 0 Å². The van der Waals surface area contributed by atoms with Crippen molar-refractivity contribution in [2.75, 3.05) is 6.54 Å². The van der Waals surface area contributed by atoms with Gasteiger partial charge in [0.15, 0.2) is 5.78 Å². The van der Waals surface area contributed by atoms with E-state index in [1.165, 1.54) is 0 Å². The fraction of sp³-hybridized carbons (Fsp3) is 0.391. The molecule has 0 aromatic heterocycles. The molecule has 2 atom stereocenters. The van der Waals surface area contributed by atoms with Crippen molar-refractivity contribution in [2.45, 2.75) is 44.7 Å². The summed E-state index contributed by atoms with van der Waals surface area (Å²) in [5.74, 6) is -0.0891. The summed E-state index contributed by atoms with van der Waals surface area (Å²) < 4.78 is 0. The number of rotatable bonds is 7. The fourth-order valence-corrected chi connectivity index (χ4v) is 3.63. The number of ketones is 1. The number of benzene rings is 2. The molecule has 0 saturated carbocycles. The van der Waals surface area contributed by atoms with Gasteiger partial charge in [-0.15, -0.1) is 0 Å². The van der Waals surface area contributed by atoms with Crippen LogP contribution in [-0.4, -0.2) is 18.4 Å². The highest BCUT2D eigenvalue weighted by molar-refractivity contribution is 5.84. The Bertz CT molecular complexity index is 784. The molecule has 0 bridgehead atoms. The molecule has 1 saturated heterocycles. The van der Waals surface area contributed by atoms with Gasteiger partial charge >= 0.3 is 0 Å². The molecule has 0 unspecified atom stereocenters. The van der Waals surface area contributed by atoms with Gasteiger partial charge in [0.05, 0.1) is 18.0 Å². The van der Waals surface area contributed by atoms with E-state index in [2.05, 4.69) is 47.8 Å². The van der Waals surface area contributed by atoms with Crippen LogP contribution in [0.3, 0.4) is 0 Å². The topological polar surface area (TPSA) is 78.9 Å². The predicted molar refractivity (Wildman–Crippen MR) is 108 cm³/mol. The molecule has 0 aliphatic carbocycles. The number of hydrogen-bond acceptors (Lipinski definition) is 4. The zero-order valence-corrected chi connectivity index (χ0v) is 15.7. The molecule has 1 heterocycles. The number of nitriles is 1. The first-order valence-electron chi connectivity index (χ1n) is 9.73. The third kappa shape index (κ3) is 5.26. The summed E-state index contributed by atoms with van der Waals surface area (Å²) in [7, 11) is 0. The monoisotopic (exact) mass is 361 g/mol. The Morgan fingerprint density at radius 2 is 1.70 bits per heavy atom. The van der Waals surface area contributed by atoms with Crippen molar-refractivity contribution in [1.82, 2.24) is 5.32 Å². The summed E-state index contributed by atoms with van der Waals surface area (Å²) in [5.41, 5.74) is 10.1. The lowest BCUT2D eigenvalue weighted by Crippen LogP contribution is -2.41. The lowest BCUT2D eigenvalue weighted by Gasteiger charge is -2.23. The van der Waals surface area contributed by atoms with Crippen molar-refractivity contribution in [3.05, 3.63) is 59.7 Å². The van der Waals surface area contributed by atoms with Gasteiger partial charge in [0, 0.05) is 13.0 Å². The quantitative estimate of drug-likeness (QED) is 0.790. The van der Waals surface area contributed by atoms with Crippen molar-refractivity contribution >= 4 is 5.78 Å². The third-order valence-corrected chi connectivity index (χ3v) is 5.29. The second-order valence-electron chi connectivity index (χ2n) is 7.30. The maximum absolute atomic E-state index is 12.4. The van der Waals surface area contributed by atoms with E-state index < -0.39 is 0 Å². The predicted octanol–water partition coefficient (Wildman–Crippen LogP) is 3.60. The first-order valence-corrected chi connectivity index (χ1v) is 9.73. The summed E-state index contributed by atoms with van der Waals surface area (Å²) in [6.07, 6.45) is 4.06. The SMILES string of the molecule is N#C[C@@H](CC(=O)[C@@H]1CCCCN1)Cc1ccc(-c2ccc(CN)cc2)cc1. The molecule has 2 aromatic rings. The summed E-state index contributed by atoms with van der Waals surface area (Å²) in [4.78, 5) is 12.4. The van der Waals surface area contributed by atoms with Crippen molar-refractivity contribution in [3.8, 4) is 17.2 Å². The van der Waals surface area contributed by atoms with Crippen LogP contribution < -0.4 is 11.1 Å². The van der Waals surface area contributed by atoms with E-state index in [4.69, 9.17) is 5.73 Å². The Morgan fingerprint density at radius 1 is 1.07 bits per heavy atom. The van der Waals surface area contributed by atoms with Crippen molar-refractivity contribution < 1.29 is 4.79 Å². The highest BCUT2D eigenvalue weighted by atomic mass is 16.1. The normalized spacial score (nSPS) is 17.9. The van der Waals surface area contributed by atoms with Gasteiger partial charge < -0.3 is 11.1 Å². The lowest BCUT2D eigenvalue weighted by atomic mass is 9.90. The van der Waals surface area contributed by atoms with Gasteiger partial charge in [0.1, 0.15) is 0 Å². The van der Waals surface area contributed by atoms with Crippen LogP contribution in [0.2, 0.25) is 0 Å². The number of hydrogen-bond donors (Lipinski definition) is 2. The molecule has 4 nitrogen and oxygen atoms in total. The van der Waals surface area contributed by atoms with Gasteiger partial charge in [-0.25, -0.2) is 0 Å². The Morgan fingerprint density at radius 3 is 2.22 bits per heavy atom. The van der Waals surface area contributed by atoms with Crippen LogP contribution in [0.1, 0.15) is 36.8 Å². The fourth-order valence-electron chi connectivity index (χ4n) is 3.63. The Labute approximate surface area is 161 Å². The molecular formula is C23H27N3O. The lowest BCUT2D eigenvalue weighted by molar-refractivity contribution is -0.122. The van der Waals surface area contributed by atoms with E-state index >= 15 is 0 Å². The maximum atomic E-state index is 12.4. The molecule has 1 aliphatic rings. The molecule has 3 N–H and O–H groups in total. The zero-order chi connectivity index (χ0) is 19.1. The first-order chi connectivity index (χ1) is 13.2. The standard InChI is InChI=1S/C23H27N3O/c24-15-18-6-10-21(11-7-18)20-8-4-17(5-9-20)13-19(16-25)14-23(27)22-3-1-2-12-26-22/h4-11,19,22,26H,1-3,12-15,24H2/t19-,22+/m1/s1. The molecule has 1 fully saturated rings. The minimum Gasteiger partial charge on any atom is -0.326 e. The number of carbonyl (C=O) groups excluding carboxylic acids is 1. The highest BCUT2D eigenvalue weighted by Gasteiger charge is 2.23. The molecule has 27 heavy (non-hydrogen) atoms. The number of nitrogens with zero attached hydrogens (tertiary/aromatic N) is 1. The minimum atomic E-state index is -0.268. The minimum absolute atomic E-state index is 0.0616. The van der Waals surface area contributed by atoms with E-state index in [1.54, 1.807) is 0 Å². The van der Waals surface area contributed by atoms with Crippen LogP contribution in [0.4, 0.5) is 0 Å². The largest absolute Gasteiger partial charge is 0.326 e. The molecule has 2 aromatic carbocycles. The van der Waals surface area contributed by atoms with Crippen LogP contribution in [0.5, 0.6) is 0 Å². The Kier molecular flexibility index (Phi) is 6.75. The van der Waals surface area contributed by atoms with Gasteiger partial charge in [-0.1, -0.05) is 55.0 Å². The van der Waals surface area contributed by atoms with Gasteiger partial charge in [0.2, 0.25) is 0 Å². The van der Waals surface area contributed by atoms with Gasteiger partial charge in [-0.3, -0.25) is 4.79 Å². The molecular weight excluding hydrogens is 334 g/mol. The highest BCUT2D eigenvalue weighted by Crippen LogP contribution is 2.22. The van der Waals surface area contributed by atoms with E-state index in [0.29, 0.717) is 19.4 Å². The van der Waals surface area contributed by atoms with E-state index in [0.717, 1.165) is 48.1 Å².